The molecule has 2 aliphatic heterocycles. The summed E-state index contributed by atoms with van der Waals surface area (Å²) in [7, 11) is 0. The smallest absolute Gasteiger partial charge is 0.234 e. The second kappa shape index (κ2) is 6.48. The normalized spacial score (nSPS) is 19.2. The highest BCUT2D eigenvalue weighted by atomic mass is 35.5. The average molecular weight is 353 g/mol. The van der Waals surface area contributed by atoms with E-state index < -0.39 is 0 Å². The standard InChI is InChI=1S/C20H18ClN3O/c1-14-20(16-5-7-17(21)8-6-16)22-19-9-10-23(13-24(14)19)18-4-2-3-15(11-18)12-25/h2-11,25H,12-13H2,1H3/p+1. The van der Waals surface area contributed by atoms with Gasteiger partial charge in [0.25, 0.3) is 0 Å². The molecule has 0 saturated carbocycles. The van der Waals surface area contributed by atoms with Crippen molar-refractivity contribution < 1.29 is 10.0 Å². The van der Waals surface area contributed by atoms with Crippen LogP contribution in [0.1, 0.15) is 18.1 Å². The van der Waals surface area contributed by atoms with Crippen molar-refractivity contribution in [2.45, 2.75) is 13.5 Å². The van der Waals surface area contributed by atoms with Gasteiger partial charge in [0, 0.05) is 35.5 Å². The number of nitrogens with one attached hydrogen (secondary N) is 1. The first kappa shape index (κ1) is 16.1. The number of anilines is 1. The Morgan fingerprint density at radius 2 is 2.00 bits per heavy atom. The first-order valence-corrected chi connectivity index (χ1v) is 8.60. The van der Waals surface area contributed by atoms with E-state index in [0.29, 0.717) is 0 Å². The van der Waals surface area contributed by atoms with Gasteiger partial charge in [-0.2, -0.15) is 4.99 Å². The fourth-order valence-electron chi connectivity index (χ4n) is 3.23. The third kappa shape index (κ3) is 3.00. The maximum absolute atomic E-state index is 9.36. The molecule has 5 heteroatoms. The van der Waals surface area contributed by atoms with Crippen molar-refractivity contribution in [2.24, 2.45) is 4.99 Å². The third-order valence-corrected chi connectivity index (χ3v) is 4.88. The lowest BCUT2D eigenvalue weighted by Gasteiger charge is -2.28. The molecule has 1 atom stereocenters. The summed E-state index contributed by atoms with van der Waals surface area (Å²) in [5.41, 5.74) is 5.28. The van der Waals surface area contributed by atoms with Crippen LogP contribution >= 0.6 is 11.6 Å². The molecular weight excluding hydrogens is 334 g/mol. The van der Waals surface area contributed by atoms with E-state index in [2.05, 4.69) is 30.2 Å². The SMILES string of the molecule is CC1=C(c2ccc(Cl)cc2)N=C2C=CN(c3cccc(CO)c3)C[NH+]21. The summed E-state index contributed by atoms with van der Waals surface area (Å²) in [6.45, 7) is 2.94. The molecule has 0 aromatic heterocycles. The molecule has 0 radical (unpaired) electrons. The van der Waals surface area contributed by atoms with E-state index in [1.165, 1.54) is 10.6 Å². The van der Waals surface area contributed by atoms with E-state index in [9.17, 15) is 5.11 Å². The van der Waals surface area contributed by atoms with Crippen molar-refractivity contribution >= 4 is 28.8 Å². The number of aliphatic hydroxyl groups excluding tert-OH is 1. The maximum Gasteiger partial charge on any atom is 0.234 e. The number of quaternary nitrogens is 1. The molecule has 4 nitrogen and oxygen atoms in total. The van der Waals surface area contributed by atoms with Crippen LogP contribution in [0.4, 0.5) is 5.69 Å². The number of aliphatic hydroxyl groups is 1. The summed E-state index contributed by atoms with van der Waals surface area (Å²) >= 11 is 6.00. The van der Waals surface area contributed by atoms with Crippen molar-refractivity contribution in [1.29, 1.82) is 0 Å². The molecule has 126 valence electrons. The Kier molecular flexibility index (Phi) is 4.17. The number of nitrogens with zero attached hydrogens (tertiary/aromatic N) is 2. The average Bonchev–Trinajstić information content (AvgIpc) is 2.98. The van der Waals surface area contributed by atoms with Crippen LogP contribution in [0.25, 0.3) is 5.70 Å². The minimum Gasteiger partial charge on any atom is -0.392 e. The molecule has 0 saturated heterocycles. The van der Waals surface area contributed by atoms with Gasteiger partial charge in [-0.15, -0.1) is 0 Å². The Hall–Kier alpha value is -2.40. The highest BCUT2D eigenvalue weighted by Gasteiger charge is 2.33. The molecule has 2 N–H and O–H groups in total. The number of amidine groups is 1. The van der Waals surface area contributed by atoms with Gasteiger partial charge in [-0.3, -0.25) is 4.90 Å². The fraction of sp³-hybridized carbons (Fsp3) is 0.150. The van der Waals surface area contributed by atoms with Gasteiger partial charge < -0.3 is 5.11 Å². The molecule has 25 heavy (non-hydrogen) atoms. The Balaban J connectivity index is 1.64. The lowest BCUT2D eigenvalue weighted by atomic mass is 10.1. The molecule has 2 aromatic rings. The number of halogens is 1. The van der Waals surface area contributed by atoms with E-state index in [1.54, 1.807) is 0 Å². The summed E-state index contributed by atoms with van der Waals surface area (Å²) in [6, 6.07) is 15.8. The monoisotopic (exact) mass is 352 g/mol. The van der Waals surface area contributed by atoms with E-state index in [1.807, 2.05) is 42.5 Å². The second-order valence-electron chi connectivity index (χ2n) is 6.23. The van der Waals surface area contributed by atoms with Crippen LogP contribution in [0, 0.1) is 0 Å². The number of hydrogen-bond donors (Lipinski definition) is 2. The third-order valence-electron chi connectivity index (χ3n) is 4.63. The van der Waals surface area contributed by atoms with Gasteiger partial charge in [-0.05, 0) is 29.8 Å². The first-order valence-electron chi connectivity index (χ1n) is 8.22. The molecule has 0 bridgehead atoms. The number of aliphatic imine (C=N–C) groups is 1. The lowest BCUT2D eigenvalue weighted by molar-refractivity contribution is -0.757. The van der Waals surface area contributed by atoms with Gasteiger partial charge in [-0.25, -0.2) is 4.90 Å². The van der Waals surface area contributed by atoms with Crippen LogP contribution in [0.5, 0.6) is 0 Å². The molecule has 2 aromatic carbocycles. The quantitative estimate of drug-likeness (QED) is 0.891. The predicted octanol–water partition coefficient (Wildman–Crippen LogP) is 2.81. The summed E-state index contributed by atoms with van der Waals surface area (Å²) in [4.78, 5) is 8.24. The van der Waals surface area contributed by atoms with Gasteiger partial charge in [0.1, 0.15) is 11.4 Å². The van der Waals surface area contributed by atoms with E-state index >= 15 is 0 Å². The van der Waals surface area contributed by atoms with Crippen molar-refractivity contribution in [3.63, 3.8) is 0 Å². The number of rotatable bonds is 3. The van der Waals surface area contributed by atoms with Crippen LogP contribution in [0.2, 0.25) is 5.02 Å². The van der Waals surface area contributed by atoms with E-state index in [-0.39, 0.29) is 6.61 Å². The highest BCUT2D eigenvalue weighted by Crippen LogP contribution is 2.24. The van der Waals surface area contributed by atoms with Gasteiger partial charge in [-0.1, -0.05) is 35.9 Å². The molecule has 2 aliphatic rings. The Bertz CT molecular complexity index is 899. The van der Waals surface area contributed by atoms with Crippen molar-refractivity contribution in [3.8, 4) is 0 Å². The van der Waals surface area contributed by atoms with Crippen LogP contribution < -0.4 is 9.80 Å². The van der Waals surface area contributed by atoms with Crippen molar-refractivity contribution in [3.05, 3.63) is 82.7 Å². The Labute approximate surface area is 152 Å². The first-order chi connectivity index (χ1) is 12.2. The molecule has 2 heterocycles. The van der Waals surface area contributed by atoms with Gasteiger partial charge in [0.15, 0.2) is 6.67 Å². The van der Waals surface area contributed by atoms with Crippen molar-refractivity contribution in [2.75, 3.05) is 11.6 Å². The maximum atomic E-state index is 9.36. The topological polar surface area (TPSA) is 40.3 Å². The number of benzene rings is 2. The zero-order valence-electron chi connectivity index (χ0n) is 13.9. The highest BCUT2D eigenvalue weighted by molar-refractivity contribution is 6.30. The van der Waals surface area contributed by atoms with Gasteiger partial charge in [0.2, 0.25) is 5.84 Å². The molecule has 1 unspecified atom stereocenters. The van der Waals surface area contributed by atoms with Gasteiger partial charge >= 0.3 is 0 Å². The molecule has 0 spiro atoms. The predicted molar refractivity (Wildman–Crippen MR) is 101 cm³/mol. The zero-order chi connectivity index (χ0) is 17.4. The lowest BCUT2D eigenvalue weighted by Crippen LogP contribution is -3.13. The number of hydrogen-bond acceptors (Lipinski definition) is 3. The zero-order valence-corrected chi connectivity index (χ0v) is 14.7. The molecule has 0 amide bonds. The minimum absolute atomic E-state index is 0.0499. The summed E-state index contributed by atoms with van der Waals surface area (Å²) in [6.07, 6.45) is 4.10. The summed E-state index contributed by atoms with van der Waals surface area (Å²) in [5.74, 6) is 1.03. The van der Waals surface area contributed by atoms with Crippen LogP contribution in [0.3, 0.4) is 0 Å². The summed E-state index contributed by atoms with van der Waals surface area (Å²) in [5, 5.41) is 10.1. The van der Waals surface area contributed by atoms with E-state index in [0.717, 1.165) is 40.0 Å². The Morgan fingerprint density at radius 1 is 1.20 bits per heavy atom. The fourth-order valence-corrected chi connectivity index (χ4v) is 3.35. The van der Waals surface area contributed by atoms with Crippen LogP contribution in [-0.4, -0.2) is 17.6 Å². The van der Waals surface area contributed by atoms with Gasteiger partial charge in [0.05, 0.1) is 6.61 Å². The number of allylic oxidation sites excluding steroid dienone is 1. The summed E-state index contributed by atoms with van der Waals surface area (Å²) < 4.78 is 0. The minimum atomic E-state index is 0.0499. The van der Waals surface area contributed by atoms with E-state index in [4.69, 9.17) is 16.6 Å². The number of fused-ring (bicyclic) bond motifs is 1. The largest absolute Gasteiger partial charge is 0.392 e. The Morgan fingerprint density at radius 3 is 2.76 bits per heavy atom. The van der Waals surface area contributed by atoms with Crippen LogP contribution in [-0.2, 0) is 6.61 Å². The molecule has 0 aliphatic carbocycles. The van der Waals surface area contributed by atoms with Crippen molar-refractivity contribution in [1.82, 2.24) is 0 Å². The van der Waals surface area contributed by atoms with Crippen LogP contribution in [0.15, 0.2) is 71.5 Å². The molecule has 4 rings (SSSR count). The molecular formula is C20H19ClN3O+. The molecule has 0 fully saturated rings. The second-order valence-corrected chi connectivity index (χ2v) is 6.66.